The zero-order valence-corrected chi connectivity index (χ0v) is 12.7. The van der Waals surface area contributed by atoms with E-state index < -0.39 is 0 Å². The van der Waals surface area contributed by atoms with E-state index in [1.54, 1.807) is 12.1 Å². The van der Waals surface area contributed by atoms with E-state index >= 15 is 0 Å². The molecule has 2 rings (SSSR count). The van der Waals surface area contributed by atoms with Crippen molar-refractivity contribution in [3.8, 4) is 0 Å². The number of hydrogen-bond acceptors (Lipinski definition) is 4. The first-order chi connectivity index (χ1) is 8.18. The molecule has 0 radical (unpaired) electrons. The van der Waals surface area contributed by atoms with Crippen LogP contribution in [0, 0.1) is 10.1 Å². The summed E-state index contributed by atoms with van der Waals surface area (Å²) in [6.45, 7) is 0. The summed E-state index contributed by atoms with van der Waals surface area (Å²) >= 11 is 6.06. The highest BCUT2D eigenvalue weighted by atomic mass is 127. The average molecular weight is 379 g/mol. The summed E-state index contributed by atoms with van der Waals surface area (Å²) in [6, 6.07) is 6.82. The fourth-order valence-corrected chi connectivity index (χ4v) is 5.05. The van der Waals surface area contributed by atoms with Crippen LogP contribution in [0.5, 0.6) is 0 Å². The lowest BCUT2D eigenvalue weighted by atomic mass is 10.2. The highest BCUT2D eigenvalue weighted by Gasteiger charge is 2.13. The van der Waals surface area contributed by atoms with E-state index in [0.29, 0.717) is 0 Å². The fraction of sp³-hybridized carbons (Fsp3) is 0.273. The lowest BCUT2D eigenvalue weighted by Gasteiger charge is -2.06. The quantitative estimate of drug-likeness (QED) is 0.430. The van der Waals surface area contributed by atoms with E-state index in [1.807, 2.05) is 35.7 Å². The maximum atomic E-state index is 10.6. The smallest absolute Gasteiger partial charge is 0.258 e. The Morgan fingerprint density at radius 2 is 1.82 bits per heavy atom. The van der Waals surface area contributed by atoms with E-state index in [9.17, 15) is 10.1 Å². The minimum absolute atomic E-state index is 0.149. The average Bonchev–Trinajstić information content (AvgIpc) is 2.54. The third kappa shape index (κ3) is 3.38. The van der Waals surface area contributed by atoms with Gasteiger partial charge in [0.1, 0.15) is 0 Å². The number of thioether (sulfide) groups is 2. The monoisotopic (exact) mass is 379 g/mol. The molecule has 1 aliphatic heterocycles. The molecule has 1 aliphatic rings. The standard InChI is InChI=1S/C11H10INO2S2/c12-11-10(16-6-1-7-17-11)8-2-4-9(5-3-8)13(14)15/h2-5H,1,6-7H2. The van der Waals surface area contributed by atoms with Crippen LogP contribution in [0.3, 0.4) is 0 Å². The molecule has 1 heterocycles. The summed E-state index contributed by atoms with van der Waals surface area (Å²) in [5.74, 6) is 2.27. The van der Waals surface area contributed by atoms with Gasteiger partial charge in [-0.05, 0) is 58.2 Å². The topological polar surface area (TPSA) is 43.1 Å². The van der Waals surface area contributed by atoms with Gasteiger partial charge in [-0.25, -0.2) is 0 Å². The van der Waals surface area contributed by atoms with Crippen LogP contribution in [-0.2, 0) is 0 Å². The molecule has 90 valence electrons. The first-order valence-electron chi connectivity index (χ1n) is 5.08. The van der Waals surface area contributed by atoms with Gasteiger partial charge >= 0.3 is 0 Å². The van der Waals surface area contributed by atoms with E-state index in [1.165, 1.54) is 14.2 Å². The first kappa shape index (κ1) is 13.2. The molecule has 1 aromatic rings. The van der Waals surface area contributed by atoms with Crippen molar-refractivity contribution in [3.63, 3.8) is 0 Å². The number of halogens is 1. The molecule has 0 bridgehead atoms. The first-order valence-corrected chi connectivity index (χ1v) is 8.13. The van der Waals surface area contributed by atoms with Gasteiger partial charge in [-0.3, -0.25) is 10.1 Å². The van der Waals surface area contributed by atoms with Gasteiger partial charge in [-0.15, -0.1) is 23.5 Å². The zero-order valence-electron chi connectivity index (χ0n) is 8.89. The van der Waals surface area contributed by atoms with Crippen molar-refractivity contribution >= 4 is 56.7 Å². The van der Waals surface area contributed by atoms with Gasteiger partial charge in [0.15, 0.2) is 0 Å². The summed E-state index contributed by atoms with van der Waals surface area (Å²) in [7, 11) is 0. The van der Waals surface area contributed by atoms with Gasteiger partial charge in [-0.1, -0.05) is 0 Å². The molecular weight excluding hydrogens is 369 g/mol. The summed E-state index contributed by atoms with van der Waals surface area (Å²) < 4.78 is 1.29. The Hall–Kier alpha value is -0.210. The lowest BCUT2D eigenvalue weighted by Crippen LogP contribution is -1.88. The molecule has 0 N–H and O–H groups in total. The molecule has 3 nitrogen and oxygen atoms in total. The Labute approximate surface area is 122 Å². The second-order valence-corrected chi connectivity index (χ2v) is 7.48. The molecule has 0 amide bonds. The number of nitrogens with zero attached hydrogens (tertiary/aromatic N) is 1. The Morgan fingerprint density at radius 1 is 1.18 bits per heavy atom. The molecule has 17 heavy (non-hydrogen) atoms. The highest BCUT2D eigenvalue weighted by Crippen LogP contribution is 2.42. The summed E-state index contributed by atoms with van der Waals surface area (Å²) in [5.41, 5.74) is 1.23. The Morgan fingerprint density at radius 3 is 2.47 bits per heavy atom. The van der Waals surface area contributed by atoms with Gasteiger partial charge in [0.2, 0.25) is 0 Å². The number of rotatable bonds is 2. The van der Waals surface area contributed by atoms with Crippen LogP contribution in [0.25, 0.3) is 4.91 Å². The number of hydrogen-bond donors (Lipinski definition) is 0. The number of benzene rings is 1. The predicted octanol–water partition coefficient (Wildman–Crippen LogP) is 4.53. The Balaban J connectivity index is 2.29. The zero-order chi connectivity index (χ0) is 12.3. The van der Waals surface area contributed by atoms with Crippen LogP contribution < -0.4 is 0 Å². The number of non-ortho nitro benzene ring substituents is 1. The van der Waals surface area contributed by atoms with Crippen molar-refractivity contribution < 1.29 is 4.92 Å². The summed E-state index contributed by atoms with van der Waals surface area (Å²) in [5, 5.41) is 10.6. The van der Waals surface area contributed by atoms with Crippen LogP contribution in [0.4, 0.5) is 5.69 Å². The maximum absolute atomic E-state index is 10.6. The summed E-state index contributed by atoms with van der Waals surface area (Å²) in [4.78, 5) is 11.5. The SMILES string of the molecule is O=[N+]([O-])c1ccc(C2=C(I)SCCCS2)cc1. The van der Waals surface area contributed by atoms with Crippen LogP contribution in [-0.4, -0.2) is 16.4 Å². The molecular formula is C11H10INO2S2. The fourth-order valence-electron chi connectivity index (χ4n) is 1.45. The molecule has 0 aliphatic carbocycles. The van der Waals surface area contributed by atoms with E-state index in [2.05, 4.69) is 22.6 Å². The molecule has 0 atom stereocenters. The molecule has 0 fully saturated rings. The van der Waals surface area contributed by atoms with Gasteiger partial charge in [0, 0.05) is 17.0 Å². The van der Waals surface area contributed by atoms with Gasteiger partial charge in [0.05, 0.1) is 7.84 Å². The third-order valence-electron chi connectivity index (χ3n) is 2.28. The van der Waals surface area contributed by atoms with E-state index in [0.717, 1.165) is 17.1 Å². The number of nitro benzene ring substituents is 1. The van der Waals surface area contributed by atoms with Crippen LogP contribution >= 0.6 is 46.1 Å². The van der Waals surface area contributed by atoms with E-state index in [4.69, 9.17) is 0 Å². The van der Waals surface area contributed by atoms with Crippen LogP contribution in [0.15, 0.2) is 27.2 Å². The highest BCUT2D eigenvalue weighted by molar-refractivity contribution is 14.1. The van der Waals surface area contributed by atoms with Crippen molar-refractivity contribution in [2.24, 2.45) is 0 Å². The Bertz CT molecular complexity index is 459. The predicted molar refractivity (Wildman–Crippen MR) is 83.6 cm³/mol. The minimum atomic E-state index is -0.363. The largest absolute Gasteiger partial charge is 0.269 e. The molecule has 0 saturated heterocycles. The molecule has 0 spiro atoms. The minimum Gasteiger partial charge on any atom is -0.258 e. The molecule has 1 aromatic carbocycles. The summed E-state index contributed by atoms with van der Waals surface area (Å²) in [6.07, 6.45) is 1.21. The normalized spacial score (nSPS) is 16.8. The van der Waals surface area contributed by atoms with Crippen LogP contribution in [0.2, 0.25) is 0 Å². The maximum Gasteiger partial charge on any atom is 0.269 e. The molecule has 0 saturated carbocycles. The second-order valence-electron chi connectivity index (χ2n) is 3.46. The molecule has 0 unspecified atom stereocenters. The molecule has 0 aromatic heterocycles. The third-order valence-corrected chi connectivity index (χ3v) is 6.42. The molecule has 6 heteroatoms. The van der Waals surface area contributed by atoms with Crippen molar-refractivity contribution in [1.29, 1.82) is 0 Å². The van der Waals surface area contributed by atoms with Crippen molar-refractivity contribution in [2.75, 3.05) is 11.5 Å². The van der Waals surface area contributed by atoms with Gasteiger partial charge < -0.3 is 0 Å². The van der Waals surface area contributed by atoms with Gasteiger partial charge in [-0.2, -0.15) is 0 Å². The van der Waals surface area contributed by atoms with Crippen LogP contribution in [0.1, 0.15) is 12.0 Å². The van der Waals surface area contributed by atoms with Gasteiger partial charge in [0.25, 0.3) is 5.69 Å². The van der Waals surface area contributed by atoms with Crippen molar-refractivity contribution in [1.82, 2.24) is 0 Å². The van der Waals surface area contributed by atoms with Crippen molar-refractivity contribution in [3.05, 3.63) is 42.9 Å². The van der Waals surface area contributed by atoms with Crippen molar-refractivity contribution in [2.45, 2.75) is 6.42 Å². The Kier molecular flexibility index (Phi) is 4.75. The second kappa shape index (κ2) is 6.10. The lowest BCUT2D eigenvalue weighted by molar-refractivity contribution is -0.384. The number of nitro groups is 1. The van der Waals surface area contributed by atoms with E-state index in [-0.39, 0.29) is 10.6 Å².